The Morgan fingerprint density at radius 1 is 0.941 bits per heavy atom. The van der Waals surface area contributed by atoms with Crippen molar-refractivity contribution >= 4 is 46.9 Å². The fraction of sp³-hybridized carbons (Fsp3) is 0.0833. The summed E-state index contributed by atoms with van der Waals surface area (Å²) in [6.45, 7) is 1.59. The zero-order valence-corrected chi connectivity index (χ0v) is 18.7. The number of aryl methyl sites for hydroxylation is 1. The lowest BCUT2D eigenvalue weighted by Gasteiger charge is -2.08. The van der Waals surface area contributed by atoms with E-state index in [0.29, 0.717) is 27.7 Å². The lowest BCUT2D eigenvalue weighted by Crippen LogP contribution is -2.32. The van der Waals surface area contributed by atoms with Gasteiger partial charge in [0.1, 0.15) is 11.6 Å². The zero-order valence-electron chi connectivity index (χ0n) is 18.0. The first-order chi connectivity index (χ1) is 16.3. The molecule has 0 unspecified atom stereocenters. The largest absolute Gasteiger partial charge is 0.484 e. The van der Waals surface area contributed by atoms with E-state index in [0.717, 1.165) is 5.56 Å². The number of carbonyl (C=O) groups excluding carboxylic acids is 3. The van der Waals surface area contributed by atoms with Gasteiger partial charge in [0.2, 0.25) is 0 Å². The molecule has 34 heavy (non-hydrogen) atoms. The molecule has 0 aliphatic heterocycles. The first-order valence-corrected chi connectivity index (χ1v) is 10.4. The summed E-state index contributed by atoms with van der Waals surface area (Å²) in [6.07, 6.45) is 1.35. The molecule has 3 aromatic carbocycles. The molecule has 0 bridgehead atoms. The van der Waals surface area contributed by atoms with Gasteiger partial charge in [0.25, 0.3) is 5.91 Å². The van der Waals surface area contributed by atoms with Crippen LogP contribution in [0.15, 0.2) is 71.8 Å². The second kappa shape index (κ2) is 11.6. The Labute approximate surface area is 199 Å². The van der Waals surface area contributed by atoms with Gasteiger partial charge in [0.15, 0.2) is 6.61 Å². The third-order valence-corrected chi connectivity index (χ3v) is 4.80. The molecule has 3 N–H and O–H groups in total. The molecule has 0 spiro atoms. The normalized spacial score (nSPS) is 10.6. The van der Waals surface area contributed by atoms with E-state index in [-0.39, 0.29) is 6.61 Å². The van der Waals surface area contributed by atoms with Crippen LogP contribution < -0.4 is 20.8 Å². The predicted octanol–water partition coefficient (Wildman–Crippen LogP) is 3.89. The number of hydrogen-bond donors (Lipinski definition) is 3. The molecule has 0 heterocycles. The maximum atomic E-state index is 12.9. The summed E-state index contributed by atoms with van der Waals surface area (Å²) in [4.78, 5) is 35.8. The third-order valence-electron chi connectivity index (χ3n) is 4.39. The van der Waals surface area contributed by atoms with Crippen LogP contribution in [0, 0.1) is 12.7 Å². The number of nitrogens with one attached hydrogen (secondary N) is 3. The van der Waals surface area contributed by atoms with Gasteiger partial charge in [-0.15, -0.1) is 0 Å². The van der Waals surface area contributed by atoms with Crippen molar-refractivity contribution in [2.45, 2.75) is 6.92 Å². The van der Waals surface area contributed by atoms with Crippen LogP contribution in [0.1, 0.15) is 11.1 Å². The second-order valence-electron chi connectivity index (χ2n) is 7.03. The van der Waals surface area contributed by atoms with Crippen LogP contribution in [-0.4, -0.2) is 30.5 Å². The topological polar surface area (TPSA) is 109 Å². The van der Waals surface area contributed by atoms with Crippen molar-refractivity contribution in [3.8, 4) is 5.75 Å². The third kappa shape index (κ3) is 7.42. The molecular weight excluding hydrogens is 463 g/mol. The number of amides is 3. The van der Waals surface area contributed by atoms with Crippen molar-refractivity contribution in [1.29, 1.82) is 0 Å². The summed E-state index contributed by atoms with van der Waals surface area (Å²) in [7, 11) is 0. The lowest BCUT2D eigenvalue weighted by atomic mass is 10.2. The minimum Gasteiger partial charge on any atom is -0.484 e. The number of ether oxygens (including phenoxy) is 1. The average Bonchev–Trinajstić information content (AvgIpc) is 2.82. The van der Waals surface area contributed by atoms with Gasteiger partial charge in [-0.05, 0) is 78.7 Å². The van der Waals surface area contributed by atoms with Crippen molar-refractivity contribution in [3.63, 3.8) is 0 Å². The summed E-state index contributed by atoms with van der Waals surface area (Å²) in [6, 6.07) is 16.8. The van der Waals surface area contributed by atoms with Crippen molar-refractivity contribution < 1.29 is 23.5 Å². The number of carbonyl (C=O) groups is 3. The molecule has 10 heteroatoms. The second-order valence-corrected chi connectivity index (χ2v) is 7.44. The van der Waals surface area contributed by atoms with Crippen LogP contribution in [0.5, 0.6) is 5.75 Å². The SMILES string of the molecule is Cc1ccc(NC(=O)C(=O)N/N=C\c2ccc(OCC(=O)Nc3ccc(F)cc3)cc2)cc1Cl. The fourth-order valence-corrected chi connectivity index (χ4v) is 2.78. The van der Waals surface area contributed by atoms with Gasteiger partial charge in [-0.1, -0.05) is 17.7 Å². The van der Waals surface area contributed by atoms with Crippen LogP contribution in [-0.2, 0) is 14.4 Å². The average molecular weight is 483 g/mol. The van der Waals surface area contributed by atoms with Gasteiger partial charge in [-0.3, -0.25) is 14.4 Å². The Morgan fingerprint density at radius 2 is 1.62 bits per heavy atom. The van der Waals surface area contributed by atoms with Crippen LogP contribution in [0.3, 0.4) is 0 Å². The van der Waals surface area contributed by atoms with Crippen LogP contribution >= 0.6 is 11.6 Å². The molecule has 0 saturated heterocycles. The highest BCUT2D eigenvalue weighted by Crippen LogP contribution is 2.19. The van der Waals surface area contributed by atoms with E-state index in [1.807, 2.05) is 6.92 Å². The summed E-state index contributed by atoms with van der Waals surface area (Å²) in [5.74, 6) is -2.19. The van der Waals surface area contributed by atoms with E-state index in [9.17, 15) is 18.8 Å². The smallest absolute Gasteiger partial charge is 0.329 e. The van der Waals surface area contributed by atoms with Gasteiger partial charge in [0, 0.05) is 16.4 Å². The maximum absolute atomic E-state index is 12.9. The Kier molecular flexibility index (Phi) is 8.31. The Bertz CT molecular complexity index is 1210. The number of anilines is 2. The van der Waals surface area contributed by atoms with E-state index in [2.05, 4.69) is 21.2 Å². The number of halogens is 2. The molecule has 0 aromatic heterocycles. The van der Waals surface area contributed by atoms with E-state index in [1.54, 1.807) is 42.5 Å². The van der Waals surface area contributed by atoms with Crippen molar-refractivity contribution in [1.82, 2.24) is 5.43 Å². The molecule has 0 radical (unpaired) electrons. The van der Waals surface area contributed by atoms with Crippen LogP contribution in [0.2, 0.25) is 5.02 Å². The molecule has 0 saturated carbocycles. The standard InChI is InChI=1S/C24H20ClFN4O4/c1-15-2-7-19(12-21(15)25)29-23(32)24(33)30-27-13-16-3-10-20(11-4-16)34-14-22(31)28-18-8-5-17(26)6-9-18/h2-13H,14H2,1H3,(H,28,31)(H,29,32)(H,30,33)/b27-13-. The number of hydrogen-bond acceptors (Lipinski definition) is 5. The zero-order chi connectivity index (χ0) is 24.5. The first kappa shape index (κ1) is 24.4. The molecule has 3 rings (SSSR count). The molecular formula is C24H20ClFN4O4. The summed E-state index contributed by atoms with van der Waals surface area (Å²) in [5, 5.41) is 9.24. The van der Waals surface area contributed by atoms with Gasteiger partial charge in [-0.2, -0.15) is 5.10 Å². The van der Waals surface area contributed by atoms with Gasteiger partial charge in [0.05, 0.1) is 6.21 Å². The molecule has 0 aliphatic rings. The van der Waals surface area contributed by atoms with Crippen LogP contribution in [0.4, 0.5) is 15.8 Å². The molecule has 3 aromatic rings. The monoisotopic (exact) mass is 482 g/mol. The van der Waals surface area contributed by atoms with Gasteiger partial charge < -0.3 is 15.4 Å². The Balaban J connectivity index is 1.43. The summed E-state index contributed by atoms with van der Waals surface area (Å²) >= 11 is 6.00. The van der Waals surface area contributed by atoms with Crippen molar-refractivity contribution in [2.75, 3.05) is 17.2 Å². The highest BCUT2D eigenvalue weighted by atomic mass is 35.5. The molecule has 0 atom stereocenters. The summed E-state index contributed by atoms with van der Waals surface area (Å²) < 4.78 is 18.3. The maximum Gasteiger partial charge on any atom is 0.329 e. The van der Waals surface area contributed by atoms with Gasteiger partial charge >= 0.3 is 11.8 Å². The fourth-order valence-electron chi connectivity index (χ4n) is 2.60. The Hall–Kier alpha value is -4.24. The van der Waals surface area contributed by atoms with Crippen LogP contribution in [0.25, 0.3) is 0 Å². The molecule has 0 fully saturated rings. The van der Waals surface area contributed by atoms with E-state index >= 15 is 0 Å². The molecule has 0 aliphatic carbocycles. The highest BCUT2D eigenvalue weighted by Gasteiger charge is 2.13. The first-order valence-electron chi connectivity index (χ1n) is 9.99. The molecule has 174 valence electrons. The number of rotatable bonds is 7. The lowest BCUT2D eigenvalue weighted by molar-refractivity contribution is -0.136. The van der Waals surface area contributed by atoms with Crippen molar-refractivity contribution in [3.05, 3.63) is 88.7 Å². The minimum absolute atomic E-state index is 0.234. The van der Waals surface area contributed by atoms with Crippen molar-refractivity contribution in [2.24, 2.45) is 5.10 Å². The number of hydrazone groups is 1. The summed E-state index contributed by atoms with van der Waals surface area (Å²) in [5.41, 5.74) is 4.45. The number of benzene rings is 3. The van der Waals surface area contributed by atoms with Gasteiger partial charge in [-0.25, -0.2) is 9.82 Å². The molecule has 3 amide bonds. The molecule has 8 nitrogen and oxygen atoms in total. The van der Waals surface area contributed by atoms with E-state index in [1.165, 1.54) is 30.5 Å². The minimum atomic E-state index is -0.944. The predicted molar refractivity (Wildman–Crippen MR) is 128 cm³/mol. The Morgan fingerprint density at radius 3 is 2.29 bits per heavy atom. The van der Waals surface area contributed by atoms with E-state index < -0.39 is 23.5 Å². The number of nitrogens with zero attached hydrogens (tertiary/aromatic N) is 1. The van der Waals surface area contributed by atoms with E-state index in [4.69, 9.17) is 16.3 Å². The quantitative estimate of drug-likeness (QED) is 0.269. The highest BCUT2D eigenvalue weighted by molar-refractivity contribution is 6.39.